The highest BCUT2D eigenvalue weighted by Gasteiger charge is 2.05. The number of benzene rings is 2. The minimum atomic E-state index is 1.17. The maximum atomic E-state index is 2.33. The molecule has 0 atom stereocenters. The van der Waals surface area contributed by atoms with Crippen LogP contribution < -0.4 is 0 Å². The molecule has 1 aliphatic carbocycles. The van der Waals surface area contributed by atoms with Crippen molar-refractivity contribution in [1.29, 1.82) is 0 Å². The lowest BCUT2D eigenvalue weighted by molar-refractivity contribution is 0.986. The summed E-state index contributed by atoms with van der Waals surface area (Å²) in [5.41, 5.74) is 5.49. The van der Waals surface area contributed by atoms with Crippen molar-refractivity contribution in [1.82, 2.24) is 0 Å². The first-order valence-electron chi connectivity index (χ1n) is 7.78. The molecule has 0 unspecified atom stereocenters. The van der Waals surface area contributed by atoms with Crippen LogP contribution in [0.25, 0.3) is 17.2 Å². The van der Waals surface area contributed by atoms with Crippen molar-refractivity contribution in [2.45, 2.75) is 40.5 Å². The minimum absolute atomic E-state index is 1.17. The van der Waals surface area contributed by atoms with Crippen molar-refractivity contribution < 1.29 is 0 Å². The van der Waals surface area contributed by atoms with Crippen LogP contribution in [0.4, 0.5) is 0 Å². The number of rotatable bonds is 1. The van der Waals surface area contributed by atoms with E-state index in [1.54, 1.807) is 0 Å². The molecule has 0 aromatic heterocycles. The Bertz CT molecular complexity index is 521. The molecular weight excluding hydrogens is 240 g/mol. The molecule has 0 saturated carbocycles. The van der Waals surface area contributed by atoms with Crippen molar-refractivity contribution in [3.63, 3.8) is 0 Å². The van der Waals surface area contributed by atoms with Gasteiger partial charge < -0.3 is 0 Å². The van der Waals surface area contributed by atoms with Crippen LogP contribution >= 0.6 is 0 Å². The van der Waals surface area contributed by atoms with Gasteiger partial charge in [-0.2, -0.15) is 0 Å². The second-order valence-electron chi connectivity index (χ2n) is 4.22. The van der Waals surface area contributed by atoms with Gasteiger partial charge in [0.1, 0.15) is 0 Å². The maximum Gasteiger partial charge on any atom is -0.0181 e. The Balaban J connectivity index is 0.000000461. The summed E-state index contributed by atoms with van der Waals surface area (Å²) in [7, 11) is 0. The zero-order valence-corrected chi connectivity index (χ0v) is 13.2. The summed E-state index contributed by atoms with van der Waals surface area (Å²) in [5.74, 6) is 0. The van der Waals surface area contributed by atoms with Gasteiger partial charge in [-0.25, -0.2) is 0 Å². The SMILES string of the molecule is C1=Cc2ccc(-c3ccccc3)cc2CC1.CC.CC. The Morgan fingerprint density at radius 1 is 0.750 bits per heavy atom. The summed E-state index contributed by atoms with van der Waals surface area (Å²) in [6.45, 7) is 8.00. The van der Waals surface area contributed by atoms with Gasteiger partial charge in [0.05, 0.1) is 0 Å². The Kier molecular flexibility index (Phi) is 7.42. The highest BCUT2D eigenvalue weighted by molar-refractivity contribution is 5.68. The molecule has 1 aliphatic rings. The molecule has 2 aromatic carbocycles. The van der Waals surface area contributed by atoms with Crippen LogP contribution in [0.3, 0.4) is 0 Å². The third-order valence-corrected chi connectivity index (χ3v) is 3.13. The first kappa shape index (κ1) is 16.2. The van der Waals surface area contributed by atoms with Gasteiger partial charge in [0.15, 0.2) is 0 Å². The second kappa shape index (κ2) is 9.14. The van der Waals surface area contributed by atoms with Crippen molar-refractivity contribution in [2.24, 2.45) is 0 Å². The summed E-state index contributed by atoms with van der Waals surface area (Å²) in [4.78, 5) is 0. The molecule has 0 saturated heterocycles. The van der Waals surface area contributed by atoms with E-state index in [1.165, 1.54) is 35.1 Å². The van der Waals surface area contributed by atoms with Crippen LogP contribution in [-0.4, -0.2) is 0 Å². The largest absolute Gasteiger partial charge is 0.0836 e. The van der Waals surface area contributed by atoms with Crippen LogP contribution in [-0.2, 0) is 6.42 Å². The van der Waals surface area contributed by atoms with Gasteiger partial charge in [0, 0.05) is 0 Å². The fraction of sp³-hybridized carbons (Fsp3) is 0.300. The summed E-state index contributed by atoms with van der Waals surface area (Å²) >= 11 is 0. The van der Waals surface area contributed by atoms with Crippen molar-refractivity contribution >= 4 is 6.08 Å². The van der Waals surface area contributed by atoms with Crippen LogP contribution in [0.15, 0.2) is 54.6 Å². The van der Waals surface area contributed by atoms with Gasteiger partial charge in [-0.15, -0.1) is 0 Å². The van der Waals surface area contributed by atoms with Gasteiger partial charge in [-0.05, 0) is 35.1 Å². The van der Waals surface area contributed by atoms with E-state index >= 15 is 0 Å². The fourth-order valence-electron chi connectivity index (χ4n) is 2.24. The number of fused-ring (bicyclic) bond motifs is 1. The van der Waals surface area contributed by atoms with E-state index in [0.29, 0.717) is 0 Å². The maximum absolute atomic E-state index is 2.33. The topological polar surface area (TPSA) is 0 Å². The molecule has 0 spiro atoms. The molecule has 0 N–H and O–H groups in total. The van der Waals surface area contributed by atoms with Gasteiger partial charge in [0.2, 0.25) is 0 Å². The normalized spacial score (nSPS) is 11.4. The number of aryl methyl sites for hydroxylation is 1. The average molecular weight is 266 g/mol. The average Bonchev–Trinajstić information content (AvgIpc) is 2.59. The first-order valence-corrected chi connectivity index (χ1v) is 7.78. The molecule has 0 aliphatic heterocycles. The summed E-state index contributed by atoms with van der Waals surface area (Å²) in [6, 6.07) is 17.3. The molecule has 0 bridgehead atoms. The molecule has 0 nitrogen and oxygen atoms in total. The van der Waals surface area contributed by atoms with Crippen molar-refractivity contribution in [3.05, 3.63) is 65.7 Å². The molecule has 20 heavy (non-hydrogen) atoms. The lowest BCUT2D eigenvalue weighted by Crippen LogP contribution is -1.94. The van der Waals surface area contributed by atoms with E-state index in [0.717, 1.165) is 0 Å². The zero-order valence-electron chi connectivity index (χ0n) is 13.2. The number of hydrogen-bond donors (Lipinski definition) is 0. The Hall–Kier alpha value is -1.82. The predicted octanol–water partition coefficient (Wildman–Crippen LogP) is 6.37. The predicted molar refractivity (Wildman–Crippen MR) is 91.9 cm³/mol. The smallest absolute Gasteiger partial charge is 0.0181 e. The van der Waals surface area contributed by atoms with Gasteiger partial charge in [-0.3, -0.25) is 0 Å². The highest BCUT2D eigenvalue weighted by atomic mass is 14.1. The van der Waals surface area contributed by atoms with Crippen molar-refractivity contribution in [2.75, 3.05) is 0 Å². The third-order valence-electron chi connectivity index (χ3n) is 3.13. The van der Waals surface area contributed by atoms with E-state index in [4.69, 9.17) is 0 Å². The number of hydrogen-bond acceptors (Lipinski definition) is 0. The number of allylic oxidation sites excluding steroid dienone is 1. The highest BCUT2D eigenvalue weighted by Crippen LogP contribution is 2.26. The molecule has 0 radical (unpaired) electrons. The molecule has 106 valence electrons. The molecule has 2 aromatic rings. The minimum Gasteiger partial charge on any atom is -0.0836 e. The van der Waals surface area contributed by atoms with E-state index in [2.05, 4.69) is 60.7 Å². The quantitative estimate of drug-likeness (QED) is 0.563. The van der Waals surface area contributed by atoms with Gasteiger partial charge in [0.25, 0.3) is 0 Å². The lowest BCUT2D eigenvalue weighted by atomic mass is 9.93. The van der Waals surface area contributed by atoms with Crippen LogP contribution in [0.5, 0.6) is 0 Å². The van der Waals surface area contributed by atoms with Gasteiger partial charge >= 0.3 is 0 Å². The van der Waals surface area contributed by atoms with E-state index < -0.39 is 0 Å². The van der Waals surface area contributed by atoms with Gasteiger partial charge in [-0.1, -0.05) is 88.4 Å². The monoisotopic (exact) mass is 266 g/mol. The Morgan fingerprint density at radius 2 is 1.45 bits per heavy atom. The van der Waals surface area contributed by atoms with Crippen LogP contribution in [0.1, 0.15) is 45.2 Å². The first-order chi connectivity index (χ1) is 9.93. The second-order valence-corrected chi connectivity index (χ2v) is 4.22. The van der Waals surface area contributed by atoms with E-state index in [-0.39, 0.29) is 0 Å². The fourth-order valence-corrected chi connectivity index (χ4v) is 2.24. The van der Waals surface area contributed by atoms with Crippen molar-refractivity contribution in [3.8, 4) is 11.1 Å². The molecule has 0 amide bonds. The lowest BCUT2D eigenvalue weighted by Gasteiger charge is -2.12. The van der Waals surface area contributed by atoms with Crippen LogP contribution in [0.2, 0.25) is 0 Å². The van der Waals surface area contributed by atoms with E-state index in [9.17, 15) is 0 Å². The Labute approximate surface area is 124 Å². The third kappa shape index (κ3) is 4.09. The standard InChI is InChI=1S/C16H14.2C2H6/c1-2-6-13(7-3-1)16-11-10-14-8-4-5-9-15(14)12-16;2*1-2/h1-4,6-8,10-12H,5,9H2;2*1-2H3. The molecule has 3 rings (SSSR count). The van der Waals surface area contributed by atoms with Crippen LogP contribution in [0, 0.1) is 0 Å². The molecule has 0 fully saturated rings. The summed E-state index contributed by atoms with van der Waals surface area (Å²) in [5, 5.41) is 0. The summed E-state index contributed by atoms with van der Waals surface area (Å²) in [6.07, 6.45) is 6.83. The molecular formula is C20H26. The summed E-state index contributed by atoms with van der Waals surface area (Å²) < 4.78 is 0. The van der Waals surface area contributed by atoms with E-state index in [1.807, 2.05) is 27.7 Å². The molecule has 0 heterocycles. The Morgan fingerprint density at radius 3 is 2.15 bits per heavy atom. The molecule has 0 heteroatoms. The zero-order chi connectivity index (χ0) is 14.8.